The summed E-state index contributed by atoms with van der Waals surface area (Å²) < 4.78 is 5.31. The number of hydrogen-bond donors (Lipinski definition) is 1. The Balaban J connectivity index is 2.12. The first-order chi connectivity index (χ1) is 15.3. The molecule has 1 fully saturated rings. The molecule has 1 atom stereocenters. The molecule has 170 valence electrons. The number of rotatable bonds is 8. The fourth-order valence-corrected chi connectivity index (χ4v) is 4.27. The van der Waals surface area contributed by atoms with Crippen LogP contribution in [0.1, 0.15) is 42.1 Å². The quantitative estimate of drug-likeness (QED) is 0.384. The highest BCUT2D eigenvalue weighted by molar-refractivity contribution is 6.46. The summed E-state index contributed by atoms with van der Waals surface area (Å²) in [5, 5.41) is 11.2. The minimum atomic E-state index is -0.651. The Morgan fingerprint density at radius 1 is 1.09 bits per heavy atom. The largest absolute Gasteiger partial charge is 0.507 e. The highest BCUT2D eigenvalue weighted by Gasteiger charge is 2.46. The molecule has 3 rings (SSSR count). The number of methoxy groups -OCH3 is 1. The van der Waals surface area contributed by atoms with Crippen molar-refractivity contribution in [1.29, 1.82) is 0 Å². The van der Waals surface area contributed by atoms with Crippen molar-refractivity contribution in [2.45, 2.75) is 33.7 Å². The van der Waals surface area contributed by atoms with Crippen molar-refractivity contribution in [1.82, 2.24) is 9.80 Å². The number of aryl methyl sites for hydroxylation is 2. The van der Waals surface area contributed by atoms with Crippen LogP contribution in [0.5, 0.6) is 5.75 Å². The highest BCUT2D eigenvalue weighted by Crippen LogP contribution is 2.40. The number of likely N-dealkylation sites (tertiary alicyclic amines) is 1. The van der Waals surface area contributed by atoms with Crippen LogP contribution in [0.4, 0.5) is 0 Å². The van der Waals surface area contributed by atoms with E-state index in [-0.39, 0.29) is 11.3 Å². The maximum Gasteiger partial charge on any atom is 0.295 e. The molecule has 1 saturated heterocycles. The van der Waals surface area contributed by atoms with E-state index in [0.717, 1.165) is 29.8 Å². The number of ether oxygens (including phenoxy) is 1. The van der Waals surface area contributed by atoms with Gasteiger partial charge in [-0.05, 0) is 56.3 Å². The van der Waals surface area contributed by atoms with Gasteiger partial charge in [0, 0.05) is 18.7 Å². The molecule has 6 heteroatoms. The van der Waals surface area contributed by atoms with Gasteiger partial charge in [-0.3, -0.25) is 9.59 Å². The number of nitrogens with zero attached hydrogens (tertiary/aromatic N) is 2. The van der Waals surface area contributed by atoms with E-state index in [1.807, 2.05) is 38.1 Å². The number of carbonyl (C=O) groups excluding carboxylic acids is 2. The van der Waals surface area contributed by atoms with E-state index in [9.17, 15) is 14.7 Å². The summed E-state index contributed by atoms with van der Waals surface area (Å²) >= 11 is 0. The van der Waals surface area contributed by atoms with E-state index >= 15 is 0 Å². The van der Waals surface area contributed by atoms with Crippen LogP contribution in [-0.4, -0.2) is 59.9 Å². The number of aliphatic hydroxyl groups excluding tert-OH is 1. The number of Topliss-reactive ketones (excluding diaryl/α,β-unsaturated/α-hetero) is 1. The average molecular weight is 437 g/mol. The average Bonchev–Trinajstić information content (AvgIpc) is 3.04. The summed E-state index contributed by atoms with van der Waals surface area (Å²) in [6.45, 7) is 10.8. The van der Waals surface area contributed by atoms with Crippen LogP contribution in [0.3, 0.4) is 0 Å². The molecule has 0 spiro atoms. The molecule has 1 N–H and O–H groups in total. The monoisotopic (exact) mass is 436 g/mol. The Hall–Kier alpha value is -3.12. The summed E-state index contributed by atoms with van der Waals surface area (Å²) in [6, 6.07) is 12.3. The molecule has 6 nitrogen and oxygen atoms in total. The van der Waals surface area contributed by atoms with Gasteiger partial charge in [-0.2, -0.15) is 0 Å². The van der Waals surface area contributed by atoms with Gasteiger partial charge in [-0.1, -0.05) is 43.7 Å². The molecule has 1 amide bonds. The Morgan fingerprint density at radius 2 is 1.81 bits per heavy atom. The van der Waals surface area contributed by atoms with Crippen LogP contribution in [0.15, 0.2) is 48.0 Å². The van der Waals surface area contributed by atoms with Gasteiger partial charge in [0.2, 0.25) is 0 Å². The SMILES string of the molecule is CCN(CC)CCN1C(=O)C(=O)/C(=C(\O)c2ccc(OC)c(C)c2)C1c1cccc(C)c1. The van der Waals surface area contributed by atoms with E-state index in [1.54, 1.807) is 30.2 Å². The second-order valence-electron chi connectivity index (χ2n) is 8.12. The standard InChI is InChI=1S/C26H32N2O4/c1-6-27(7-2)13-14-28-23(19-10-8-9-17(3)15-19)22(25(30)26(28)31)24(29)20-11-12-21(32-5)18(4)16-20/h8-12,15-16,23,29H,6-7,13-14H2,1-5H3/b24-22-. The molecule has 0 radical (unpaired) electrons. The van der Waals surface area contributed by atoms with Crippen molar-refractivity contribution < 1.29 is 19.4 Å². The molecule has 1 aliphatic rings. The summed E-state index contributed by atoms with van der Waals surface area (Å²) in [4.78, 5) is 30.0. The molecule has 1 aliphatic heterocycles. The van der Waals surface area contributed by atoms with E-state index in [1.165, 1.54) is 0 Å². The first-order valence-electron chi connectivity index (χ1n) is 11.0. The molecule has 0 aliphatic carbocycles. The first-order valence-corrected chi connectivity index (χ1v) is 11.0. The van der Waals surface area contributed by atoms with Crippen LogP contribution in [-0.2, 0) is 9.59 Å². The molecule has 0 aromatic heterocycles. The number of amides is 1. The second-order valence-corrected chi connectivity index (χ2v) is 8.12. The topological polar surface area (TPSA) is 70.1 Å². The van der Waals surface area contributed by atoms with E-state index in [0.29, 0.717) is 24.4 Å². The molecular formula is C26H32N2O4. The minimum Gasteiger partial charge on any atom is -0.507 e. The third-order valence-corrected chi connectivity index (χ3v) is 6.12. The lowest BCUT2D eigenvalue weighted by Crippen LogP contribution is -2.38. The second kappa shape index (κ2) is 10.0. The molecule has 2 aromatic carbocycles. The predicted molar refractivity (Wildman–Crippen MR) is 126 cm³/mol. The number of benzene rings is 2. The lowest BCUT2D eigenvalue weighted by molar-refractivity contribution is -0.140. The van der Waals surface area contributed by atoms with Crippen molar-refractivity contribution in [3.63, 3.8) is 0 Å². The maximum atomic E-state index is 13.1. The van der Waals surface area contributed by atoms with Gasteiger partial charge in [0.05, 0.1) is 18.7 Å². The Bertz CT molecular complexity index is 1040. The van der Waals surface area contributed by atoms with Gasteiger partial charge in [0.15, 0.2) is 0 Å². The van der Waals surface area contributed by atoms with Gasteiger partial charge < -0.3 is 19.6 Å². The van der Waals surface area contributed by atoms with Crippen LogP contribution >= 0.6 is 0 Å². The van der Waals surface area contributed by atoms with E-state index in [4.69, 9.17) is 4.74 Å². The zero-order chi connectivity index (χ0) is 23.4. The Labute approximate surface area is 190 Å². The fraction of sp³-hybridized carbons (Fsp3) is 0.385. The minimum absolute atomic E-state index is 0.129. The lowest BCUT2D eigenvalue weighted by Gasteiger charge is -2.28. The van der Waals surface area contributed by atoms with Crippen LogP contribution in [0, 0.1) is 13.8 Å². The first kappa shape index (κ1) is 23.5. The van der Waals surface area contributed by atoms with Gasteiger partial charge in [0.25, 0.3) is 11.7 Å². The molecular weight excluding hydrogens is 404 g/mol. The molecule has 0 saturated carbocycles. The maximum absolute atomic E-state index is 13.1. The van der Waals surface area contributed by atoms with Crippen molar-refractivity contribution in [3.05, 3.63) is 70.3 Å². The summed E-state index contributed by atoms with van der Waals surface area (Å²) in [6.07, 6.45) is 0. The van der Waals surface area contributed by atoms with E-state index in [2.05, 4.69) is 18.7 Å². The van der Waals surface area contributed by atoms with Crippen LogP contribution in [0.25, 0.3) is 5.76 Å². The Morgan fingerprint density at radius 3 is 2.41 bits per heavy atom. The van der Waals surface area contributed by atoms with Crippen molar-refractivity contribution in [2.24, 2.45) is 0 Å². The number of hydrogen-bond acceptors (Lipinski definition) is 5. The van der Waals surface area contributed by atoms with Crippen molar-refractivity contribution in [2.75, 3.05) is 33.3 Å². The van der Waals surface area contributed by atoms with Gasteiger partial charge in [-0.15, -0.1) is 0 Å². The number of likely N-dealkylation sites (N-methyl/N-ethyl adjacent to an activating group) is 1. The number of aliphatic hydroxyl groups is 1. The van der Waals surface area contributed by atoms with Gasteiger partial charge in [-0.25, -0.2) is 0 Å². The lowest BCUT2D eigenvalue weighted by atomic mass is 9.94. The number of carbonyl (C=O) groups is 2. The molecule has 1 unspecified atom stereocenters. The zero-order valence-corrected chi connectivity index (χ0v) is 19.5. The molecule has 0 bridgehead atoms. The normalized spacial score (nSPS) is 17.9. The van der Waals surface area contributed by atoms with Crippen LogP contribution in [0.2, 0.25) is 0 Å². The third kappa shape index (κ3) is 4.55. The van der Waals surface area contributed by atoms with Crippen molar-refractivity contribution >= 4 is 17.4 Å². The van der Waals surface area contributed by atoms with E-state index < -0.39 is 17.7 Å². The third-order valence-electron chi connectivity index (χ3n) is 6.12. The highest BCUT2D eigenvalue weighted by atomic mass is 16.5. The molecule has 1 heterocycles. The number of ketones is 1. The summed E-state index contributed by atoms with van der Waals surface area (Å²) in [7, 11) is 1.58. The smallest absolute Gasteiger partial charge is 0.295 e. The Kier molecular flexibility index (Phi) is 7.36. The predicted octanol–water partition coefficient (Wildman–Crippen LogP) is 4.08. The zero-order valence-electron chi connectivity index (χ0n) is 19.5. The fourth-order valence-electron chi connectivity index (χ4n) is 4.27. The van der Waals surface area contributed by atoms with Gasteiger partial charge >= 0.3 is 0 Å². The van der Waals surface area contributed by atoms with Gasteiger partial charge in [0.1, 0.15) is 11.5 Å². The summed E-state index contributed by atoms with van der Waals surface area (Å²) in [5.74, 6) is -0.695. The molecule has 32 heavy (non-hydrogen) atoms. The summed E-state index contributed by atoms with van der Waals surface area (Å²) in [5.41, 5.74) is 3.29. The van der Waals surface area contributed by atoms with Crippen LogP contribution < -0.4 is 4.74 Å². The van der Waals surface area contributed by atoms with Crippen molar-refractivity contribution in [3.8, 4) is 5.75 Å². The molecule has 2 aromatic rings.